The molecule has 0 fully saturated rings. The van der Waals surface area contributed by atoms with Crippen molar-refractivity contribution in [2.75, 3.05) is 4.90 Å². The van der Waals surface area contributed by atoms with E-state index in [1.807, 2.05) is 91.0 Å². The van der Waals surface area contributed by atoms with E-state index in [0.29, 0.717) is 5.69 Å². The number of fused-ring (bicyclic) bond motifs is 12. The minimum Gasteiger partial charge on any atom is -0.314 e. The van der Waals surface area contributed by atoms with Crippen molar-refractivity contribution in [1.29, 1.82) is 31.6 Å². The number of benzene rings is 5. The van der Waals surface area contributed by atoms with Crippen LogP contribution in [0.1, 0.15) is 22.8 Å². The van der Waals surface area contributed by atoms with E-state index in [4.69, 9.17) is 0 Å². The lowest BCUT2D eigenvalue weighted by Gasteiger charge is -2.34. The van der Waals surface area contributed by atoms with Crippen molar-refractivity contribution in [2.45, 2.75) is 6.04 Å². The van der Waals surface area contributed by atoms with Crippen molar-refractivity contribution in [3.8, 4) is 36.4 Å². The van der Waals surface area contributed by atoms with Gasteiger partial charge in [-0.05, 0) is 33.0 Å². The van der Waals surface area contributed by atoms with Crippen LogP contribution >= 0.6 is 0 Å². The van der Waals surface area contributed by atoms with Gasteiger partial charge in [-0.1, -0.05) is 60.7 Å². The molecule has 1 aliphatic rings. The van der Waals surface area contributed by atoms with Crippen LogP contribution in [0.3, 0.4) is 0 Å². The molecule has 8 rings (SSSR count). The summed E-state index contributed by atoms with van der Waals surface area (Å²) in [7, 11) is 0. The molecule has 1 atom stereocenters. The number of aliphatic imine (C=N–C) groups is 1. The lowest BCUT2D eigenvalue weighted by atomic mass is 9.92. The maximum atomic E-state index is 10.7. The van der Waals surface area contributed by atoms with E-state index in [0.717, 1.165) is 32.3 Å². The second-order valence-corrected chi connectivity index (χ2v) is 10.7. The Balaban J connectivity index is 1.64. The Hall–Kier alpha value is -8.03. The molecule has 0 amide bonds. The van der Waals surface area contributed by atoms with Crippen molar-refractivity contribution in [1.82, 2.24) is 19.9 Å². The van der Waals surface area contributed by atoms with Gasteiger partial charge in [0.1, 0.15) is 58.1 Å². The first kappa shape index (κ1) is 27.5. The standard InChI is InChI=1S/C36H12N12/c37-12-23-24(13-38)44-33-31(43-23)32-34(46-26(15-40)25(14-39)45-32)36-35(33)47-27(16-41)29(17-42)48(36)28-11-5-10-22-20-7-2-1-6-18(20)19-8-3-4-9-21(19)30(22)28/h1-11,29H. The highest BCUT2D eigenvalue weighted by Gasteiger charge is 2.38. The maximum absolute atomic E-state index is 10.7. The Morgan fingerprint density at radius 2 is 0.958 bits per heavy atom. The second-order valence-electron chi connectivity index (χ2n) is 10.7. The number of anilines is 2. The molecular weight excluding hydrogens is 600 g/mol. The van der Waals surface area contributed by atoms with Crippen LogP contribution in [0.15, 0.2) is 71.7 Å². The van der Waals surface area contributed by atoms with Crippen LogP contribution in [0, 0.1) is 68.0 Å². The molecule has 0 bridgehead atoms. The number of hydrogen-bond donors (Lipinski definition) is 0. The van der Waals surface area contributed by atoms with Crippen LogP contribution in [0.4, 0.5) is 17.1 Å². The molecule has 48 heavy (non-hydrogen) atoms. The zero-order valence-corrected chi connectivity index (χ0v) is 24.3. The van der Waals surface area contributed by atoms with Gasteiger partial charge in [0.2, 0.25) is 0 Å². The van der Waals surface area contributed by atoms with E-state index in [1.54, 1.807) is 4.90 Å². The summed E-state index contributed by atoms with van der Waals surface area (Å²) in [5.74, 6) is 0. The molecule has 12 heteroatoms. The van der Waals surface area contributed by atoms with Gasteiger partial charge in [-0.3, -0.25) is 0 Å². The van der Waals surface area contributed by atoms with E-state index in [-0.39, 0.29) is 61.9 Å². The Labute approximate surface area is 270 Å². The topological polar surface area (TPSA) is 210 Å². The third-order valence-electron chi connectivity index (χ3n) is 8.35. The summed E-state index contributed by atoms with van der Waals surface area (Å²) in [6.07, 6.45) is 0. The molecule has 0 spiro atoms. The molecule has 0 saturated carbocycles. The highest BCUT2D eigenvalue weighted by atomic mass is 15.2. The molecule has 5 aromatic carbocycles. The van der Waals surface area contributed by atoms with Crippen molar-refractivity contribution in [2.24, 2.45) is 4.99 Å². The first-order valence-corrected chi connectivity index (χ1v) is 14.3. The number of nitriles is 6. The highest BCUT2D eigenvalue weighted by Crippen LogP contribution is 2.50. The van der Waals surface area contributed by atoms with Gasteiger partial charge in [0, 0.05) is 5.39 Å². The molecule has 0 aliphatic carbocycles. The van der Waals surface area contributed by atoms with Crippen molar-refractivity contribution < 1.29 is 0 Å². The summed E-state index contributed by atoms with van der Waals surface area (Å²) in [6.45, 7) is 0. The fourth-order valence-electron chi connectivity index (χ4n) is 6.44. The van der Waals surface area contributed by atoms with Crippen LogP contribution in [0.5, 0.6) is 0 Å². The van der Waals surface area contributed by atoms with E-state index in [2.05, 4.69) is 37.1 Å². The van der Waals surface area contributed by atoms with E-state index >= 15 is 0 Å². The van der Waals surface area contributed by atoms with Crippen LogP contribution < -0.4 is 4.90 Å². The van der Waals surface area contributed by atoms with E-state index in [9.17, 15) is 31.6 Å². The van der Waals surface area contributed by atoms with Crippen LogP contribution in [0.2, 0.25) is 0 Å². The van der Waals surface area contributed by atoms with Crippen LogP contribution in [0.25, 0.3) is 54.4 Å². The van der Waals surface area contributed by atoms with Gasteiger partial charge in [0.05, 0.1) is 17.4 Å². The van der Waals surface area contributed by atoms with Gasteiger partial charge in [-0.2, -0.15) is 31.6 Å². The largest absolute Gasteiger partial charge is 0.314 e. The maximum Gasteiger partial charge on any atom is 0.177 e. The third kappa shape index (κ3) is 3.61. The van der Waals surface area contributed by atoms with Crippen LogP contribution in [-0.4, -0.2) is 31.7 Å². The fraction of sp³-hybridized carbons (Fsp3) is 0.0278. The normalized spacial score (nSPS) is 13.6. The monoisotopic (exact) mass is 612 g/mol. The van der Waals surface area contributed by atoms with Crippen LogP contribution in [-0.2, 0) is 0 Å². The van der Waals surface area contributed by atoms with Gasteiger partial charge in [0.25, 0.3) is 0 Å². The fourth-order valence-corrected chi connectivity index (χ4v) is 6.44. The smallest absolute Gasteiger partial charge is 0.177 e. The Morgan fingerprint density at radius 1 is 0.500 bits per heavy atom. The first-order valence-electron chi connectivity index (χ1n) is 14.3. The minimum atomic E-state index is -1.27. The van der Waals surface area contributed by atoms with E-state index in [1.165, 1.54) is 0 Å². The zero-order chi connectivity index (χ0) is 33.1. The molecule has 2 aromatic heterocycles. The minimum absolute atomic E-state index is 0.000585. The molecule has 1 aliphatic heterocycles. The summed E-state index contributed by atoms with van der Waals surface area (Å²) in [5.41, 5.74) is -0.571. The molecule has 216 valence electrons. The Bertz CT molecular complexity index is 2890. The SMILES string of the molecule is N#CC1=Nc2c(c3nc(C#N)c(C#N)nc3c3nc(C#N)c(C#N)nc23)N(c2cccc3c4ccccc4c4ccccc4c23)C1C#N. The molecule has 3 heterocycles. The molecule has 7 aromatic rings. The highest BCUT2D eigenvalue weighted by molar-refractivity contribution is 6.30. The summed E-state index contributed by atoms with van der Waals surface area (Å²) >= 11 is 0. The zero-order valence-electron chi connectivity index (χ0n) is 24.3. The summed E-state index contributed by atoms with van der Waals surface area (Å²) in [4.78, 5) is 24.0. The summed E-state index contributed by atoms with van der Waals surface area (Å²) < 4.78 is 0. The average Bonchev–Trinajstić information content (AvgIpc) is 3.15. The van der Waals surface area contributed by atoms with Crippen molar-refractivity contribution >= 4 is 77.2 Å². The quantitative estimate of drug-likeness (QED) is 0.192. The van der Waals surface area contributed by atoms with Gasteiger partial charge in [-0.15, -0.1) is 0 Å². The van der Waals surface area contributed by atoms with Crippen molar-refractivity contribution in [3.63, 3.8) is 0 Å². The number of nitrogens with zero attached hydrogens (tertiary/aromatic N) is 12. The van der Waals surface area contributed by atoms with Crippen molar-refractivity contribution in [3.05, 3.63) is 89.5 Å². The predicted molar refractivity (Wildman–Crippen MR) is 175 cm³/mol. The molecule has 0 saturated heterocycles. The number of aromatic nitrogens is 4. The predicted octanol–water partition coefficient (Wildman–Crippen LogP) is 6.16. The molecule has 12 nitrogen and oxygen atoms in total. The molecule has 0 N–H and O–H groups in total. The summed E-state index contributed by atoms with van der Waals surface area (Å²) in [5, 5.41) is 65.9. The lowest BCUT2D eigenvalue weighted by Crippen LogP contribution is -2.39. The van der Waals surface area contributed by atoms with E-state index < -0.39 is 6.04 Å². The summed E-state index contributed by atoms with van der Waals surface area (Å²) in [6, 6.07) is 32.0. The third-order valence-corrected chi connectivity index (χ3v) is 8.35. The number of rotatable bonds is 1. The lowest BCUT2D eigenvalue weighted by molar-refractivity contribution is 0.984. The first-order chi connectivity index (χ1) is 23.6. The van der Waals surface area contributed by atoms with Gasteiger partial charge in [-0.25, -0.2) is 24.9 Å². The molecule has 0 radical (unpaired) electrons. The second kappa shape index (κ2) is 10.3. The molecule has 1 unspecified atom stereocenters. The Morgan fingerprint density at radius 3 is 1.48 bits per heavy atom. The Kier molecular flexibility index (Phi) is 5.89. The van der Waals surface area contributed by atoms with Gasteiger partial charge < -0.3 is 4.90 Å². The number of hydrogen-bond acceptors (Lipinski definition) is 12. The molecular formula is C36H12N12. The van der Waals surface area contributed by atoms with Gasteiger partial charge in [0.15, 0.2) is 34.5 Å². The van der Waals surface area contributed by atoms with Gasteiger partial charge >= 0.3 is 0 Å². The average molecular weight is 613 g/mol.